The van der Waals surface area contributed by atoms with Crippen molar-refractivity contribution in [3.63, 3.8) is 0 Å². The fourth-order valence-electron chi connectivity index (χ4n) is 0.556. The molecule has 0 unspecified atom stereocenters. The average molecular weight is 156 g/mol. The van der Waals surface area contributed by atoms with Crippen molar-refractivity contribution in [2.24, 2.45) is 0 Å². The number of aromatic nitrogens is 2. The summed E-state index contributed by atoms with van der Waals surface area (Å²) in [5.74, 6) is -1.77. The van der Waals surface area contributed by atoms with Gasteiger partial charge in [0, 0.05) is 6.08 Å². The number of imidazole rings is 1. The van der Waals surface area contributed by atoms with E-state index in [2.05, 4.69) is 9.97 Å². The second-order valence-corrected chi connectivity index (χ2v) is 1.77. The number of halogens is 1. The summed E-state index contributed by atoms with van der Waals surface area (Å²) in [6.45, 7) is 0. The van der Waals surface area contributed by atoms with Crippen LogP contribution in [-0.4, -0.2) is 21.0 Å². The Bertz CT molecular complexity index is 293. The summed E-state index contributed by atoms with van der Waals surface area (Å²) in [4.78, 5) is 15.6. The third kappa shape index (κ3) is 1.89. The van der Waals surface area contributed by atoms with Gasteiger partial charge in [0.2, 0.25) is 5.95 Å². The van der Waals surface area contributed by atoms with Crippen LogP contribution in [0.2, 0.25) is 0 Å². The first-order valence-electron chi connectivity index (χ1n) is 2.80. The maximum absolute atomic E-state index is 12.4. The van der Waals surface area contributed by atoms with Gasteiger partial charge in [0.05, 0.1) is 6.33 Å². The van der Waals surface area contributed by atoms with Crippen LogP contribution in [0.1, 0.15) is 5.69 Å². The van der Waals surface area contributed by atoms with E-state index in [9.17, 15) is 9.18 Å². The highest BCUT2D eigenvalue weighted by Crippen LogP contribution is 2.01. The van der Waals surface area contributed by atoms with Gasteiger partial charge in [-0.1, -0.05) is 0 Å². The second-order valence-electron chi connectivity index (χ2n) is 1.77. The van der Waals surface area contributed by atoms with E-state index in [4.69, 9.17) is 5.11 Å². The molecule has 0 amide bonds. The van der Waals surface area contributed by atoms with Crippen molar-refractivity contribution in [1.82, 2.24) is 9.97 Å². The summed E-state index contributed by atoms with van der Waals surface area (Å²) in [6, 6.07) is 0. The Balaban J connectivity index is 2.79. The number of nitrogens with zero attached hydrogens (tertiary/aromatic N) is 1. The molecule has 0 aliphatic rings. The van der Waals surface area contributed by atoms with Crippen LogP contribution >= 0.6 is 0 Å². The largest absolute Gasteiger partial charge is 0.478 e. The van der Waals surface area contributed by atoms with E-state index in [1.54, 1.807) is 0 Å². The molecule has 11 heavy (non-hydrogen) atoms. The van der Waals surface area contributed by atoms with E-state index in [1.165, 1.54) is 0 Å². The van der Waals surface area contributed by atoms with E-state index in [-0.39, 0.29) is 5.69 Å². The molecule has 0 aliphatic carbocycles. The number of hydrogen-bond donors (Lipinski definition) is 2. The first kappa shape index (κ1) is 7.46. The van der Waals surface area contributed by atoms with Crippen molar-refractivity contribution < 1.29 is 14.3 Å². The lowest BCUT2D eigenvalue weighted by Crippen LogP contribution is -1.86. The Hall–Kier alpha value is -1.65. The number of hydrogen-bond acceptors (Lipinski definition) is 2. The minimum absolute atomic E-state index is 0.00704. The van der Waals surface area contributed by atoms with Crippen molar-refractivity contribution in [3.8, 4) is 0 Å². The van der Waals surface area contributed by atoms with Crippen LogP contribution in [-0.2, 0) is 4.79 Å². The summed E-state index contributed by atoms with van der Waals surface area (Å²) < 4.78 is 12.4. The predicted octanol–water partition coefficient (Wildman–Crippen LogP) is 0.647. The topological polar surface area (TPSA) is 66.0 Å². The third-order valence-corrected chi connectivity index (χ3v) is 1.00. The molecule has 58 valence electrons. The smallest absolute Gasteiger partial charge is 0.328 e. The fourth-order valence-corrected chi connectivity index (χ4v) is 0.556. The van der Waals surface area contributed by atoms with Gasteiger partial charge in [-0.2, -0.15) is 4.39 Å². The molecule has 1 rings (SSSR count). The van der Waals surface area contributed by atoms with E-state index >= 15 is 0 Å². The van der Waals surface area contributed by atoms with Crippen molar-refractivity contribution >= 4 is 12.0 Å². The molecule has 0 spiro atoms. The van der Waals surface area contributed by atoms with E-state index in [0.717, 1.165) is 18.5 Å². The molecule has 0 bridgehead atoms. The number of carbonyl (C=O) groups is 1. The molecule has 0 atom stereocenters. The Kier molecular flexibility index (Phi) is 2.00. The molecule has 0 radical (unpaired) electrons. The van der Waals surface area contributed by atoms with Crippen molar-refractivity contribution in [2.75, 3.05) is 0 Å². The zero-order valence-corrected chi connectivity index (χ0v) is 5.41. The highest BCUT2D eigenvalue weighted by Gasteiger charge is 1.99. The maximum Gasteiger partial charge on any atom is 0.328 e. The number of aliphatic carboxylic acids is 1. The van der Waals surface area contributed by atoms with Gasteiger partial charge in [-0.3, -0.25) is 0 Å². The summed E-state index contributed by atoms with van der Waals surface area (Å²) in [6.07, 6.45) is 3.05. The molecular formula is C6H5FN2O2. The SMILES string of the molecule is O=C(O)/C=C/c1nc[nH]c1F. The summed E-state index contributed by atoms with van der Waals surface area (Å²) in [5.41, 5.74) is -0.00704. The first-order valence-corrected chi connectivity index (χ1v) is 2.80. The molecule has 1 heterocycles. The van der Waals surface area contributed by atoms with E-state index in [0.29, 0.717) is 0 Å². The highest BCUT2D eigenvalue weighted by molar-refractivity contribution is 5.84. The van der Waals surface area contributed by atoms with Gasteiger partial charge in [-0.15, -0.1) is 0 Å². The van der Waals surface area contributed by atoms with E-state index in [1.807, 2.05) is 0 Å². The summed E-state index contributed by atoms with van der Waals surface area (Å²) >= 11 is 0. The molecule has 2 N–H and O–H groups in total. The first-order chi connectivity index (χ1) is 5.20. The lowest BCUT2D eigenvalue weighted by molar-refractivity contribution is -0.131. The lowest BCUT2D eigenvalue weighted by atomic mass is 10.4. The quantitative estimate of drug-likeness (QED) is 0.617. The minimum Gasteiger partial charge on any atom is -0.478 e. The fraction of sp³-hybridized carbons (Fsp3) is 0. The number of nitrogens with one attached hydrogen (secondary N) is 1. The van der Waals surface area contributed by atoms with Gasteiger partial charge in [-0.05, 0) is 6.08 Å². The van der Waals surface area contributed by atoms with Gasteiger partial charge >= 0.3 is 5.97 Å². The molecule has 0 aromatic carbocycles. The van der Waals surface area contributed by atoms with Crippen LogP contribution in [0.25, 0.3) is 6.08 Å². The standard InChI is InChI=1S/C6H5FN2O2/c7-6-4(8-3-9-6)1-2-5(10)11/h1-3H,(H,8,9)(H,10,11)/b2-1+. The molecule has 0 aliphatic heterocycles. The monoisotopic (exact) mass is 156 g/mol. The van der Waals surface area contributed by atoms with Crippen molar-refractivity contribution in [1.29, 1.82) is 0 Å². The number of rotatable bonds is 2. The Morgan fingerprint density at radius 1 is 1.82 bits per heavy atom. The lowest BCUT2D eigenvalue weighted by Gasteiger charge is -1.81. The zero-order chi connectivity index (χ0) is 8.27. The van der Waals surface area contributed by atoms with Crippen LogP contribution in [0.5, 0.6) is 0 Å². The molecule has 0 fully saturated rings. The highest BCUT2D eigenvalue weighted by atomic mass is 19.1. The molecule has 4 nitrogen and oxygen atoms in total. The second kappa shape index (κ2) is 2.96. The van der Waals surface area contributed by atoms with Gasteiger partial charge in [0.1, 0.15) is 5.69 Å². The summed E-state index contributed by atoms with van der Waals surface area (Å²) in [7, 11) is 0. The third-order valence-electron chi connectivity index (χ3n) is 1.00. The van der Waals surface area contributed by atoms with Gasteiger partial charge in [0.25, 0.3) is 0 Å². The van der Waals surface area contributed by atoms with Crippen molar-refractivity contribution in [3.05, 3.63) is 24.0 Å². The number of carboxylic acid groups (broad SMARTS) is 1. The Morgan fingerprint density at radius 2 is 2.55 bits per heavy atom. The molecule has 1 aromatic rings. The van der Waals surface area contributed by atoms with Crippen LogP contribution in [0.15, 0.2) is 12.4 Å². The van der Waals surface area contributed by atoms with E-state index < -0.39 is 11.9 Å². The maximum atomic E-state index is 12.4. The minimum atomic E-state index is -1.13. The molecule has 0 saturated heterocycles. The predicted molar refractivity (Wildman–Crippen MR) is 35.2 cm³/mol. The molecular weight excluding hydrogens is 151 g/mol. The molecule has 5 heteroatoms. The van der Waals surface area contributed by atoms with Gasteiger partial charge in [-0.25, -0.2) is 9.78 Å². The zero-order valence-electron chi connectivity index (χ0n) is 5.41. The number of H-pyrrole nitrogens is 1. The normalized spacial score (nSPS) is 10.6. The molecule has 0 saturated carbocycles. The van der Waals surface area contributed by atoms with Crippen LogP contribution in [0.4, 0.5) is 4.39 Å². The average Bonchev–Trinajstić information content (AvgIpc) is 2.31. The van der Waals surface area contributed by atoms with Crippen molar-refractivity contribution in [2.45, 2.75) is 0 Å². The summed E-state index contributed by atoms with van der Waals surface area (Å²) in [5, 5.41) is 8.16. The number of carboxylic acids is 1. The van der Waals surface area contributed by atoms with Crippen LogP contribution < -0.4 is 0 Å². The van der Waals surface area contributed by atoms with Gasteiger partial charge in [0.15, 0.2) is 0 Å². The van der Waals surface area contributed by atoms with Crippen LogP contribution in [0, 0.1) is 5.95 Å². The number of aromatic amines is 1. The van der Waals surface area contributed by atoms with Gasteiger partial charge < -0.3 is 10.1 Å². The Labute approximate surface area is 61.4 Å². The molecule has 1 aromatic heterocycles. The van der Waals surface area contributed by atoms with Crippen LogP contribution in [0.3, 0.4) is 0 Å². The Morgan fingerprint density at radius 3 is 3.00 bits per heavy atom.